The second-order valence-electron chi connectivity index (χ2n) is 5.70. The molecule has 0 spiro atoms. The predicted molar refractivity (Wildman–Crippen MR) is 72.9 cm³/mol. The van der Waals surface area contributed by atoms with Gasteiger partial charge >= 0.3 is 5.97 Å². The Kier molecular flexibility index (Phi) is 3.30. The molecule has 1 fully saturated rings. The zero-order valence-corrected chi connectivity index (χ0v) is 11.5. The summed E-state index contributed by atoms with van der Waals surface area (Å²) in [7, 11) is 0. The molecule has 0 amide bonds. The van der Waals surface area contributed by atoms with Crippen LogP contribution in [0.3, 0.4) is 0 Å². The molecule has 108 valence electrons. The highest BCUT2D eigenvalue weighted by Crippen LogP contribution is 2.41. The van der Waals surface area contributed by atoms with Crippen LogP contribution in [0.25, 0.3) is 0 Å². The Morgan fingerprint density at radius 1 is 1.45 bits per heavy atom. The number of carboxylic acid groups (broad SMARTS) is 1. The van der Waals surface area contributed by atoms with Crippen molar-refractivity contribution in [3.8, 4) is 11.5 Å². The summed E-state index contributed by atoms with van der Waals surface area (Å²) in [5.74, 6) is 0.0249. The molecule has 20 heavy (non-hydrogen) atoms. The van der Waals surface area contributed by atoms with Crippen LogP contribution in [0.4, 0.5) is 0 Å². The van der Waals surface area contributed by atoms with Crippen LogP contribution < -0.4 is 4.74 Å². The summed E-state index contributed by atoms with van der Waals surface area (Å²) in [5.41, 5.74) is 1.09. The van der Waals surface area contributed by atoms with Crippen LogP contribution >= 0.6 is 0 Å². The molecule has 0 radical (unpaired) electrons. The van der Waals surface area contributed by atoms with Crippen molar-refractivity contribution >= 4 is 5.97 Å². The summed E-state index contributed by atoms with van der Waals surface area (Å²) in [4.78, 5) is 13.4. The summed E-state index contributed by atoms with van der Waals surface area (Å²) in [6.07, 6.45) is 1.36. The molecule has 2 heterocycles. The molecule has 2 aliphatic heterocycles. The van der Waals surface area contributed by atoms with Crippen molar-refractivity contribution in [2.45, 2.75) is 31.8 Å². The summed E-state index contributed by atoms with van der Waals surface area (Å²) in [6, 6.07) is 5.60. The third-order valence-electron chi connectivity index (χ3n) is 4.43. The average molecular weight is 277 g/mol. The summed E-state index contributed by atoms with van der Waals surface area (Å²) < 4.78 is 5.65. The Hall–Kier alpha value is -1.75. The fourth-order valence-corrected chi connectivity index (χ4v) is 3.33. The first kappa shape index (κ1) is 13.2. The molecule has 0 saturated carbocycles. The van der Waals surface area contributed by atoms with E-state index >= 15 is 0 Å². The lowest BCUT2D eigenvalue weighted by molar-refractivity contribution is -0.144. The lowest BCUT2D eigenvalue weighted by atomic mass is 9.89. The lowest BCUT2D eigenvalue weighted by Gasteiger charge is -2.39. The van der Waals surface area contributed by atoms with E-state index < -0.39 is 5.97 Å². The topological polar surface area (TPSA) is 70.0 Å². The number of ether oxygens (including phenoxy) is 1. The zero-order chi connectivity index (χ0) is 14.3. The van der Waals surface area contributed by atoms with Crippen LogP contribution in [0.15, 0.2) is 18.2 Å². The first-order valence-corrected chi connectivity index (χ1v) is 7.00. The molecule has 2 N–H and O–H groups in total. The van der Waals surface area contributed by atoms with E-state index in [1.807, 2.05) is 6.07 Å². The van der Waals surface area contributed by atoms with Gasteiger partial charge in [0.05, 0.1) is 12.0 Å². The van der Waals surface area contributed by atoms with Crippen LogP contribution in [-0.4, -0.2) is 40.3 Å². The highest BCUT2D eigenvalue weighted by Gasteiger charge is 2.37. The summed E-state index contributed by atoms with van der Waals surface area (Å²) >= 11 is 0. The van der Waals surface area contributed by atoms with Crippen molar-refractivity contribution < 1.29 is 19.7 Å². The Labute approximate surface area is 117 Å². The molecule has 0 bridgehead atoms. The molecule has 1 saturated heterocycles. The predicted octanol–water partition coefficient (Wildman–Crippen LogP) is 2.01. The largest absolute Gasteiger partial charge is 0.508 e. The van der Waals surface area contributed by atoms with Gasteiger partial charge in [-0.1, -0.05) is 0 Å². The van der Waals surface area contributed by atoms with Gasteiger partial charge in [0.25, 0.3) is 0 Å². The minimum atomic E-state index is -0.690. The third-order valence-corrected chi connectivity index (χ3v) is 4.43. The number of carbonyl (C=O) groups is 1. The van der Waals surface area contributed by atoms with Crippen molar-refractivity contribution in [3.05, 3.63) is 23.8 Å². The molecule has 0 aromatic heterocycles. The number of rotatable bonds is 2. The second kappa shape index (κ2) is 4.98. The molecule has 1 aromatic rings. The number of aliphatic carboxylic acids is 1. The lowest BCUT2D eigenvalue weighted by Crippen LogP contribution is -2.45. The van der Waals surface area contributed by atoms with Gasteiger partial charge in [-0.2, -0.15) is 0 Å². The van der Waals surface area contributed by atoms with Crippen molar-refractivity contribution in [2.24, 2.45) is 5.92 Å². The average Bonchev–Trinajstić information content (AvgIpc) is 2.81. The number of fused-ring (bicyclic) bond motifs is 1. The number of hydrogen-bond acceptors (Lipinski definition) is 4. The molecule has 5 heteroatoms. The Balaban J connectivity index is 1.78. The first-order valence-electron chi connectivity index (χ1n) is 7.00. The number of likely N-dealkylation sites (tertiary alicyclic amines) is 1. The normalized spacial score (nSPS) is 29.8. The van der Waals surface area contributed by atoms with Gasteiger partial charge in [0.15, 0.2) is 0 Å². The molecular weight excluding hydrogens is 258 g/mol. The monoisotopic (exact) mass is 277 g/mol. The van der Waals surface area contributed by atoms with Gasteiger partial charge in [0.1, 0.15) is 18.1 Å². The van der Waals surface area contributed by atoms with E-state index in [0.29, 0.717) is 19.4 Å². The van der Waals surface area contributed by atoms with E-state index in [-0.39, 0.29) is 23.8 Å². The number of nitrogens with zero attached hydrogens (tertiary/aromatic N) is 1. The minimum Gasteiger partial charge on any atom is -0.508 e. The molecular formula is C15H19NO4. The summed E-state index contributed by atoms with van der Waals surface area (Å²) in [5, 5.41) is 18.6. The highest BCUT2D eigenvalue weighted by atomic mass is 16.5. The fraction of sp³-hybridized carbons (Fsp3) is 0.533. The van der Waals surface area contributed by atoms with E-state index in [1.165, 1.54) is 0 Å². The smallest absolute Gasteiger partial charge is 0.306 e. The standard InChI is InChI=1S/C15H19NO4/c1-9-6-10(15(18)19)4-5-16(9)13-8-20-14-7-11(17)2-3-12(13)14/h2-3,7,9-10,13,17H,4-6,8H2,1H3,(H,18,19). The number of benzene rings is 1. The molecule has 3 unspecified atom stereocenters. The maximum atomic E-state index is 11.1. The van der Waals surface area contributed by atoms with Gasteiger partial charge in [-0.15, -0.1) is 0 Å². The van der Waals surface area contributed by atoms with Crippen LogP contribution in [-0.2, 0) is 4.79 Å². The first-order chi connectivity index (χ1) is 9.56. The summed E-state index contributed by atoms with van der Waals surface area (Å²) in [6.45, 7) is 3.42. The van der Waals surface area contributed by atoms with E-state index in [9.17, 15) is 9.90 Å². The van der Waals surface area contributed by atoms with Crippen LogP contribution in [0.5, 0.6) is 11.5 Å². The highest BCUT2D eigenvalue weighted by molar-refractivity contribution is 5.70. The maximum absolute atomic E-state index is 11.1. The minimum absolute atomic E-state index is 0.162. The number of hydrogen-bond donors (Lipinski definition) is 2. The SMILES string of the molecule is CC1CC(C(=O)O)CCN1C1COc2cc(O)ccc21. The van der Waals surface area contributed by atoms with Crippen LogP contribution in [0, 0.1) is 5.92 Å². The Morgan fingerprint density at radius 2 is 2.25 bits per heavy atom. The van der Waals surface area contributed by atoms with Gasteiger partial charge < -0.3 is 14.9 Å². The number of phenolic OH excluding ortho intramolecular Hbond substituents is 1. The van der Waals surface area contributed by atoms with Gasteiger partial charge in [-0.25, -0.2) is 0 Å². The zero-order valence-electron chi connectivity index (χ0n) is 11.5. The Morgan fingerprint density at radius 3 is 2.95 bits per heavy atom. The van der Waals surface area contributed by atoms with Crippen molar-refractivity contribution in [3.63, 3.8) is 0 Å². The van der Waals surface area contributed by atoms with Gasteiger partial charge in [0.2, 0.25) is 0 Å². The van der Waals surface area contributed by atoms with Crippen molar-refractivity contribution in [1.29, 1.82) is 0 Å². The second-order valence-corrected chi connectivity index (χ2v) is 5.70. The molecule has 0 aliphatic carbocycles. The number of carboxylic acids is 1. The van der Waals surface area contributed by atoms with Gasteiger partial charge in [0, 0.05) is 17.7 Å². The van der Waals surface area contributed by atoms with E-state index in [4.69, 9.17) is 9.84 Å². The number of piperidine rings is 1. The van der Waals surface area contributed by atoms with E-state index in [1.54, 1.807) is 12.1 Å². The maximum Gasteiger partial charge on any atom is 0.306 e. The van der Waals surface area contributed by atoms with Crippen LogP contribution in [0.1, 0.15) is 31.4 Å². The van der Waals surface area contributed by atoms with Gasteiger partial charge in [-0.05, 0) is 38.4 Å². The van der Waals surface area contributed by atoms with E-state index in [0.717, 1.165) is 17.9 Å². The molecule has 2 aliphatic rings. The number of phenols is 1. The quantitative estimate of drug-likeness (QED) is 0.865. The third kappa shape index (κ3) is 2.22. The Bertz CT molecular complexity index is 531. The molecule has 3 rings (SSSR count). The van der Waals surface area contributed by atoms with Crippen LogP contribution in [0.2, 0.25) is 0 Å². The van der Waals surface area contributed by atoms with Gasteiger partial charge in [-0.3, -0.25) is 9.69 Å². The molecule has 3 atom stereocenters. The number of aromatic hydroxyl groups is 1. The van der Waals surface area contributed by atoms with E-state index in [2.05, 4.69) is 11.8 Å². The fourth-order valence-electron chi connectivity index (χ4n) is 3.33. The van der Waals surface area contributed by atoms with Crippen molar-refractivity contribution in [2.75, 3.05) is 13.2 Å². The molecule has 1 aromatic carbocycles. The van der Waals surface area contributed by atoms with Crippen molar-refractivity contribution in [1.82, 2.24) is 4.90 Å². The molecule has 5 nitrogen and oxygen atoms in total.